The Morgan fingerprint density at radius 2 is 1.96 bits per heavy atom. The Balaban J connectivity index is 2.30. The Kier molecular flexibility index (Phi) is 6.04. The third kappa shape index (κ3) is 4.34. The highest BCUT2D eigenvalue weighted by atomic mass is 32.2. The fourth-order valence-corrected chi connectivity index (χ4v) is 7.83. The first-order valence-electron chi connectivity index (χ1n) is 8.11. The minimum atomic E-state index is -4.07. The average Bonchev–Trinajstić information content (AvgIpc) is 2.82. The molecule has 1 heterocycles. The molecule has 1 N–H and O–H groups in total. The van der Waals surface area contributed by atoms with Crippen LogP contribution >= 0.6 is 0 Å². The zero-order chi connectivity index (χ0) is 18.0. The average molecular weight is 378 g/mol. The van der Waals surface area contributed by atoms with Crippen LogP contribution in [-0.4, -0.2) is 46.2 Å². The lowest BCUT2D eigenvalue weighted by Gasteiger charge is -2.20. The molecule has 1 saturated heterocycles. The van der Waals surface area contributed by atoms with Gasteiger partial charge in [0, 0.05) is 6.04 Å². The number of aryl methyl sites for hydroxylation is 1. The first kappa shape index (κ1) is 19.3. The van der Waals surface area contributed by atoms with E-state index in [4.69, 9.17) is 0 Å². The molecule has 0 radical (unpaired) electrons. The molecule has 8 heteroatoms. The summed E-state index contributed by atoms with van der Waals surface area (Å²) in [5.41, 5.74) is 0.614. The fourth-order valence-electron chi connectivity index (χ4n) is 2.97. The predicted molar refractivity (Wildman–Crippen MR) is 92.1 cm³/mol. The maximum absolute atomic E-state index is 14.0. The first-order chi connectivity index (χ1) is 11.2. The number of hydrogen-bond donors (Lipinski definition) is 1. The molecule has 2 rings (SSSR count). The Bertz CT molecular complexity index is 790. The van der Waals surface area contributed by atoms with E-state index in [1.165, 1.54) is 12.1 Å². The molecule has 0 spiro atoms. The Morgan fingerprint density at radius 1 is 1.25 bits per heavy atom. The molecule has 0 saturated carbocycles. The first-order valence-corrected chi connectivity index (χ1v) is 11.5. The summed E-state index contributed by atoms with van der Waals surface area (Å²) in [6.07, 6.45) is 2.84. The van der Waals surface area contributed by atoms with Gasteiger partial charge in [0.15, 0.2) is 19.7 Å². The second-order valence-corrected chi connectivity index (χ2v) is 10.7. The fraction of sp³-hybridized carbons (Fsp3) is 0.625. The minimum absolute atomic E-state index is 0.226. The number of unbranched alkanes of at least 4 members (excludes halogenated alkanes) is 2. The van der Waals surface area contributed by atoms with Crippen LogP contribution in [0.5, 0.6) is 0 Å². The maximum atomic E-state index is 14.0. The van der Waals surface area contributed by atoms with Crippen LogP contribution < -0.4 is 5.32 Å². The van der Waals surface area contributed by atoms with Crippen LogP contribution in [0.3, 0.4) is 0 Å². The van der Waals surface area contributed by atoms with Crippen molar-refractivity contribution in [3.8, 4) is 0 Å². The van der Waals surface area contributed by atoms with Crippen LogP contribution in [0.25, 0.3) is 0 Å². The van der Waals surface area contributed by atoms with Crippen molar-refractivity contribution in [3.63, 3.8) is 0 Å². The lowest BCUT2D eigenvalue weighted by atomic mass is 10.2. The van der Waals surface area contributed by atoms with E-state index in [1.807, 2.05) is 6.92 Å². The molecule has 1 aromatic rings. The molecule has 0 unspecified atom stereocenters. The molecule has 0 amide bonds. The van der Waals surface area contributed by atoms with E-state index in [0.717, 1.165) is 25.3 Å². The highest BCUT2D eigenvalue weighted by Gasteiger charge is 2.46. The van der Waals surface area contributed by atoms with Crippen molar-refractivity contribution >= 4 is 19.7 Å². The molecule has 0 aliphatic carbocycles. The van der Waals surface area contributed by atoms with Gasteiger partial charge in [0.05, 0.1) is 16.8 Å². The number of rotatable bonds is 7. The standard InChI is InChI=1S/C16H24FNO4S2/c1-3-4-5-8-18-14-10-23(19,20)11-16(14)24(21,22)15-9-12(2)6-7-13(15)17/h6-7,9,14,16,18H,3-5,8,10-11H2,1-2H3/t14-,16-/m0/s1. The zero-order valence-corrected chi connectivity index (χ0v) is 15.6. The van der Waals surface area contributed by atoms with Crippen LogP contribution in [0, 0.1) is 12.7 Å². The van der Waals surface area contributed by atoms with E-state index in [1.54, 1.807) is 6.92 Å². The van der Waals surface area contributed by atoms with Crippen molar-refractivity contribution < 1.29 is 21.2 Å². The van der Waals surface area contributed by atoms with E-state index < -0.39 is 47.4 Å². The Morgan fingerprint density at radius 3 is 2.62 bits per heavy atom. The van der Waals surface area contributed by atoms with Crippen molar-refractivity contribution in [2.75, 3.05) is 18.1 Å². The summed E-state index contributed by atoms with van der Waals surface area (Å²) in [4.78, 5) is -0.412. The summed E-state index contributed by atoms with van der Waals surface area (Å²) in [7, 11) is -7.54. The van der Waals surface area contributed by atoms with Gasteiger partial charge in [-0.25, -0.2) is 21.2 Å². The van der Waals surface area contributed by atoms with Crippen molar-refractivity contribution in [2.45, 2.75) is 49.3 Å². The Hall–Kier alpha value is -0.990. The van der Waals surface area contributed by atoms with E-state index in [2.05, 4.69) is 5.32 Å². The van der Waals surface area contributed by atoms with Gasteiger partial charge < -0.3 is 5.32 Å². The molecule has 5 nitrogen and oxygen atoms in total. The second-order valence-electron chi connectivity index (χ2n) is 6.36. The number of hydrogen-bond acceptors (Lipinski definition) is 5. The van der Waals surface area contributed by atoms with Gasteiger partial charge in [-0.2, -0.15) is 0 Å². The largest absolute Gasteiger partial charge is 0.312 e. The van der Waals surface area contributed by atoms with Crippen LogP contribution in [0.1, 0.15) is 31.7 Å². The third-order valence-corrected chi connectivity index (χ3v) is 8.44. The predicted octanol–water partition coefficient (Wildman–Crippen LogP) is 1.85. The monoisotopic (exact) mass is 377 g/mol. The number of sulfone groups is 2. The molecular formula is C16H24FNO4S2. The van der Waals surface area contributed by atoms with E-state index >= 15 is 0 Å². The topological polar surface area (TPSA) is 80.3 Å². The Labute approximate surface area is 143 Å². The SMILES string of the molecule is CCCCCN[C@H]1CS(=O)(=O)C[C@@H]1S(=O)(=O)c1cc(C)ccc1F. The van der Waals surface area contributed by atoms with Gasteiger partial charge in [0.25, 0.3) is 0 Å². The van der Waals surface area contributed by atoms with E-state index in [-0.39, 0.29) is 5.75 Å². The van der Waals surface area contributed by atoms with Gasteiger partial charge in [-0.05, 0) is 37.6 Å². The van der Waals surface area contributed by atoms with Crippen molar-refractivity contribution in [3.05, 3.63) is 29.6 Å². The highest BCUT2D eigenvalue weighted by molar-refractivity contribution is 7.96. The van der Waals surface area contributed by atoms with Gasteiger partial charge in [0.1, 0.15) is 10.7 Å². The normalized spacial score (nSPS) is 23.5. The minimum Gasteiger partial charge on any atom is -0.312 e. The quantitative estimate of drug-likeness (QED) is 0.734. The van der Waals surface area contributed by atoms with E-state index in [0.29, 0.717) is 12.1 Å². The molecule has 1 aromatic carbocycles. The maximum Gasteiger partial charge on any atom is 0.186 e. The van der Waals surface area contributed by atoms with Crippen LogP contribution in [0.2, 0.25) is 0 Å². The molecule has 0 aromatic heterocycles. The van der Waals surface area contributed by atoms with Gasteiger partial charge in [0.2, 0.25) is 0 Å². The lowest BCUT2D eigenvalue weighted by Crippen LogP contribution is -2.43. The van der Waals surface area contributed by atoms with Crippen LogP contribution in [0.4, 0.5) is 4.39 Å². The van der Waals surface area contributed by atoms with Crippen molar-refractivity contribution in [2.24, 2.45) is 0 Å². The molecule has 1 aliphatic rings. The summed E-state index contributed by atoms with van der Waals surface area (Å²) in [6, 6.07) is 3.16. The van der Waals surface area contributed by atoms with Crippen LogP contribution in [0.15, 0.2) is 23.1 Å². The van der Waals surface area contributed by atoms with Crippen LogP contribution in [-0.2, 0) is 19.7 Å². The van der Waals surface area contributed by atoms with Crippen molar-refractivity contribution in [1.82, 2.24) is 5.32 Å². The molecular weight excluding hydrogens is 353 g/mol. The summed E-state index contributed by atoms with van der Waals surface area (Å²) >= 11 is 0. The van der Waals surface area contributed by atoms with Gasteiger partial charge in [-0.1, -0.05) is 25.8 Å². The molecule has 0 bridgehead atoms. The van der Waals surface area contributed by atoms with Gasteiger partial charge >= 0.3 is 0 Å². The molecule has 24 heavy (non-hydrogen) atoms. The number of benzene rings is 1. The summed E-state index contributed by atoms with van der Waals surface area (Å²) < 4.78 is 63.7. The summed E-state index contributed by atoms with van der Waals surface area (Å²) in [5, 5.41) is 1.90. The lowest BCUT2D eigenvalue weighted by molar-refractivity contribution is 0.508. The van der Waals surface area contributed by atoms with Crippen molar-refractivity contribution in [1.29, 1.82) is 0 Å². The third-order valence-electron chi connectivity index (χ3n) is 4.28. The summed E-state index contributed by atoms with van der Waals surface area (Å²) in [5.74, 6) is -1.53. The number of halogens is 1. The number of nitrogens with one attached hydrogen (secondary N) is 1. The highest BCUT2D eigenvalue weighted by Crippen LogP contribution is 2.28. The van der Waals surface area contributed by atoms with Gasteiger partial charge in [-0.3, -0.25) is 0 Å². The molecule has 136 valence electrons. The zero-order valence-electron chi connectivity index (χ0n) is 14.0. The van der Waals surface area contributed by atoms with E-state index in [9.17, 15) is 21.2 Å². The molecule has 1 fully saturated rings. The van der Waals surface area contributed by atoms with Gasteiger partial charge in [-0.15, -0.1) is 0 Å². The second kappa shape index (κ2) is 7.49. The summed E-state index contributed by atoms with van der Waals surface area (Å²) in [6.45, 7) is 4.27. The molecule has 2 atom stereocenters. The molecule has 1 aliphatic heterocycles. The smallest absolute Gasteiger partial charge is 0.186 e.